The zero-order valence-electron chi connectivity index (χ0n) is 11.2. The van der Waals surface area contributed by atoms with Gasteiger partial charge >= 0.3 is 0 Å². The van der Waals surface area contributed by atoms with Crippen molar-refractivity contribution in [1.29, 1.82) is 0 Å². The Morgan fingerprint density at radius 3 is 2.90 bits per heavy atom. The smallest absolute Gasteiger partial charge is 0.225 e. The topological polar surface area (TPSA) is 95.5 Å². The van der Waals surface area contributed by atoms with Crippen LogP contribution in [-0.4, -0.2) is 43.5 Å². The number of aryl methyl sites for hydroxylation is 1. The van der Waals surface area contributed by atoms with Crippen molar-refractivity contribution < 1.29 is 18.3 Å². The van der Waals surface area contributed by atoms with Gasteiger partial charge in [0, 0.05) is 24.7 Å². The van der Waals surface area contributed by atoms with E-state index < -0.39 is 9.84 Å². The molecule has 1 aliphatic rings. The standard InChI is InChI=1S/C13H18N2O4S/c1-9-6-10(2-3-12(9)16)15-13(17)7-11-8-20(18,19)5-4-14-11/h2-3,6,11,14,16H,4-5,7-8H2,1H3,(H,15,17). The highest BCUT2D eigenvalue weighted by atomic mass is 32.2. The molecule has 0 saturated carbocycles. The number of anilines is 1. The average Bonchev–Trinajstić information content (AvgIpc) is 2.32. The number of nitrogens with one attached hydrogen (secondary N) is 2. The molecule has 0 bridgehead atoms. The highest BCUT2D eigenvalue weighted by Crippen LogP contribution is 2.20. The normalized spacial score (nSPS) is 21.4. The van der Waals surface area contributed by atoms with E-state index >= 15 is 0 Å². The molecule has 0 radical (unpaired) electrons. The van der Waals surface area contributed by atoms with Gasteiger partial charge in [0.05, 0.1) is 11.5 Å². The van der Waals surface area contributed by atoms with Crippen molar-refractivity contribution in [3.63, 3.8) is 0 Å². The number of aromatic hydroxyl groups is 1. The number of hydrogen-bond donors (Lipinski definition) is 3. The Hall–Kier alpha value is -1.60. The molecule has 110 valence electrons. The van der Waals surface area contributed by atoms with E-state index in [9.17, 15) is 18.3 Å². The summed E-state index contributed by atoms with van der Waals surface area (Å²) in [6.07, 6.45) is 0.110. The lowest BCUT2D eigenvalue weighted by molar-refractivity contribution is -0.116. The predicted octanol–water partition coefficient (Wildman–Crippen LogP) is 0.416. The van der Waals surface area contributed by atoms with Crippen molar-refractivity contribution in [1.82, 2.24) is 5.32 Å². The van der Waals surface area contributed by atoms with Crippen LogP contribution in [0.3, 0.4) is 0 Å². The van der Waals surface area contributed by atoms with Crippen LogP contribution in [0.25, 0.3) is 0 Å². The summed E-state index contributed by atoms with van der Waals surface area (Å²) in [4.78, 5) is 11.9. The molecular formula is C13H18N2O4S. The van der Waals surface area contributed by atoms with E-state index in [-0.39, 0.29) is 35.6 Å². The molecule has 1 fully saturated rings. The van der Waals surface area contributed by atoms with E-state index in [2.05, 4.69) is 10.6 Å². The van der Waals surface area contributed by atoms with Crippen molar-refractivity contribution in [3.05, 3.63) is 23.8 Å². The fourth-order valence-electron chi connectivity index (χ4n) is 2.17. The first-order chi connectivity index (χ1) is 9.35. The van der Waals surface area contributed by atoms with Gasteiger partial charge in [0.25, 0.3) is 0 Å². The molecule has 1 aromatic rings. The number of hydrogen-bond acceptors (Lipinski definition) is 5. The summed E-state index contributed by atoms with van der Waals surface area (Å²) in [5.41, 5.74) is 1.25. The Bertz CT molecular complexity index is 613. The summed E-state index contributed by atoms with van der Waals surface area (Å²) in [5, 5.41) is 15.1. The van der Waals surface area contributed by atoms with Crippen molar-refractivity contribution >= 4 is 21.4 Å². The number of rotatable bonds is 3. The van der Waals surface area contributed by atoms with Crippen LogP contribution >= 0.6 is 0 Å². The highest BCUT2D eigenvalue weighted by Gasteiger charge is 2.25. The Morgan fingerprint density at radius 2 is 2.25 bits per heavy atom. The molecule has 6 nitrogen and oxygen atoms in total. The third-order valence-corrected chi connectivity index (χ3v) is 4.95. The van der Waals surface area contributed by atoms with Crippen LogP contribution in [0.1, 0.15) is 12.0 Å². The minimum atomic E-state index is -3.04. The van der Waals surface area contributed by atoms with Gasteiger partial charge in [-0.3, -0.25) is 4.79 Å². The number of benzene rings is 1. The van der Waals surface area contributed by atoms with Crippen molar-refractivity contribution in [2.24, 2.45) is 0 Å². The zero-order chi connectivity index (χ0) is 14.8. The van der Waals surface area contributed by atoms with E-state index in [1.807, 2.05) is 0 Å². The van der Waals surface area contributed by atoms with Gasteiger partial charge in [-0.25, -0.2) is 8.42 Å². The molecule has 20 heavy (non-hydrogen) atoms. The van der Waals surface area contributed by atoms with Gasteiger partial charge in [0.2, 0.25) is 5.91 Å². The quantitative estimate of drug-likeness (QED) is 0.703. The Labute approximate surface area is 118 Å². The third kappa shape index (κ3) is 3.94. The van der Waals surface area contributed by atoms with Crippen LogP contribution in [0.15, 0.2) is 18.2 Å². The predicted molar refractivity (Wildman–Crippen MR) is 76.5 cm³/mol. The molecule has 1 atom stereocenters. The SMILES string of the molecule is Cc1cc(NC(=O)CC2CS(=O)(=O)CCN2)ccc1O. The molecule has 3 N–H and O–H groups in total. The molecule has 0 spiro atoms. The first-order valence-corrected chi connectivity index (χ1v) is 8.21. The number of carbonyl (C=O) groups is 1. The molecule has 1 aromatic carbocycles. The van der Waals surface area contributed by atoms with Crippen molar-refractivity contribution in [2.45, 2.75) is 19.4 Å². The summed E-state index contributed by atoms with van der Waals surface area (Å²) >= 11 is 0. The number of phenolic OH excluding ortho intramolecular Hbond substituents is 1. The second kappa shape index (κ2) is 5.80. The van der Waals surface area contributed by atoms with E-state index in [0.29, 0.717) is 17.8 Å². The van der Waals surface area contributed by atoms with E-state index in [4.69, 9.17) is 0 Å². The second-order valence-electron chi connectivity index (χ2n) is 5.02. The summed E-state index contributed by atoms with van der Waals surface area (Å²) in [6.45, 7) is 2.12. The molecule has 1 unspecified atom stereocenters. The molecule has 2 rings (SSSR count). The van der Waals surface area contributed by atoms with Crippen LogP contribution in [0.5, 0.6) is 5.75 Å². The number of sulfone groups is 1. The summed E-state index contributed by atoms with van der Waals surface area (Å²) < 4.78 is 23.0. The van der Waals surface area contributed by atoms with Crippen LogP contribution in [-0.2, 0) is 14.6 Å². The van der Waals surface area contributed by atoms with E-state index in [0.717, 1.165) is 0 Å². The lowest BCUT2D eigenvalue weighted by atomic mass is 10.2. The average molecular weight is 298 g/mol. The maximum atomic E-state index is 11.9. The fourth-order valence-corrected chi connectivity index (χ4v) is 3.61. The molecule has 1 aliphatic heterocycles. The van der Waals surface area contributed by atoms with Gasteiger partial charge in [-0.15, -0.1) is 0 Å². The minimum Gasteiger partial charge on any atom is -0.508 e. The van der Waals surface area contributed by atoms with Gasteiger partial charge in [-0.05, 0) is 30.7 Å². The van der Waals surface area contributed by atoms with Gasteiger partial charge in [-0.2, -0.15) is 0 Å². The largest absolute Gasteiger partial charge is 0.508 e. The zero-order valence-corrected chi connectivity index (χ0v) is 12.0. The van der Waals surface area contributed by atoms with Gasteiger partial charge in [0.15, 0.2) is 9.84 Å². The van der Waals surface area contributed by atoms with Gasteiger partial charge in [-0.1, -0.05) is 0 Å². The number of carbonyl (C=O) groups excluding carboxylic acids is 1. The van der Waals surface area contributed by atoms with E-state index in [1.54, 1.807) is 19.1 Å². The lowest BCUT2D eigenvalue weighted by Crippen LogP contribution is -2.46. The minimum absolute atomic E-state index is 0.00493. The molecule has 0 aromatic heterocycles. The summed E-state index contributed by atoms with van der Waals surface area (Å²) in [7, 11) is -3.04. The highest BCUT2D eigenvalue weighted by molar-refractivity contribution is 7.91. The molecule has 0 aliphatic carbocycles. The first-order valence-electron chi connectivity index (χ1n) is 6.39. The first kappa shape index (κ1) is 14.8. The third-order valence-electron chi connectivity index (χ3n) is 3.21. The second-order valence-corrected chi connectivity index (χ2v) is 7.25. The van der Waals surface area contributed by atoms with Gasteiger partial charge in [0.1, 0.15) is 5.75 Å². The Kier molecular flexibility index (Phi) is 4.29. The van der Waals surface area contributed by atoms with Gasteiger partial charge < -0.3 is 15.7 Å². The van der Waals surface area contributed by atoms with Crippen LogP contribution in [0, 0.1) is 6.92 Å². The maximum absolute atomic E-state index is 11.9. The summed E-state index contributed by atoms with van der Waals surface area (Å²) in [6, 6.07) is 4.43. The van der Waals surface area contributed by atoms with E-state index in [1.165, 1.54) is 6.07 Å². The molecule has 7 heteroatoms. The van der Waals surface area contributed by atoms with Crippen molar-refractivity contribution in [3.8, 4) is 5.75 Å². The molecule has 1 heterocycles. The maximum Gasteiger partial charge on any atom is 0.225 e. The van der Waals surface area contributed by atoms with Crippen LogP contribution < -0.4 is 10.6 Å². The molecule has 1 saturated heterocycles. The Balaban J connectivity index is 1.93. The summed E-state index contributed by atoms with van der Waals surface area (Å²) in [5.74, 6) is 0.0461. The Morgan fingerprint density at radius 1 is 1.50 bits per heavy atom. The molecule has 1 amide bonds. The lowest BCUT2D eigenvalue weighted by Gasteiger charge is -2.23. The van der Waals surface area contributed by atoms with Crippen LogP contribution in [0.2, 0.25) is 0 Å². The van der Waals surface area contributed by atoms with Crippen molar-refractivity contribution in [2.75, 3.05) is 23.4 Å². The number of amides is 1. The molecular weight excluding hydrogens is 280 g/mol. The number of phenols is 1. The fraction of sp³-hybridized carbons (Fsp3) is 0.462. The van der Waals surface area contributed by atoms with Crippen LogP contribution in [0.4, 0.5) is 5.69 Å². The monoisotopic (exact) mass is 298 g/mol.